The van der Waals surface area contributed by atoms with Gasteiger partial charge in [-0.05, 0) is 65.3 Å². The molecule has 2 amide bonds. The van der Waals surface area contributed by atoms with Gasteiger partial charge in [-0.25, -0.2) is 0 Å². The predicted molar refractivity (Wildman–Crippen MR) is 144 cm³/mol. The molecule has 4 rings (SSSR count). The lowest BCUT2D eigenvalue weighted by molar-refractivity contribution is -0.157. The van der Waals surface area contributed by atoms with Crippen LogP contribution in [0.4, 0.5) is 0 Å². The molecule has 2 aromatic rings. The van der Waals surface area contributed by atoms with E-state index < -0.39 is 18.1 Å². The fraction of sp³-hybridized carbons (Fsp3) is 0.516. The van der Waals surface area contributed by atoms with Crippen molar-refractivity contribution in [3.8, 4) is 5.75 Å². The zero-order valence-electron chi connectivity index (χ0n) is 22.9. The highest BCUT2D eigenvalue weighted by atomic mass is 16.5. The fourth-order valence-corrected chi connectivity index (χ4v) is 5.78. The molecule has 1 N–H and O–H groups in total. The van der Waals surface area contributed by atoms with Gasteiger partial charge in [0.2, 0.25) is 11.8 Å². The maximum atomic E-state index is 14.3. The van der Waals surface area contributed by atoms with Crippen LogP contribution in [0.5, 0.6) is 5.75 Å². The number of rotatable bonds is 8. The highest BCUT2D eigenvalue weighted by Gasteiger charge is 2.49. The molecule has 198 valence electrons. The Bertz CT molecular complexity index is 1120. The van der Waals surface area contributed by atoms with Crippen molar-refractivity contribution in [1.29, 1.82) is 0 Å². The topological polar surface area (TPSA) is 75.7 Å². The van der Waals surface area contributed by atoms with Gasteiger partial charge in [0.25, 0.3) is 0 Å². The minimum Gasteiger partial charge on any atom is -0.497 e. The van der Waals surface area contributed by atoms with E-state index in [1.807, 2.05) is 71.0 Å². The number of carbonyl (C=O) groups is 3. The van der Waals surface area contributed by atoms with Crippen LogP contribution in [0.25, 0.3) is 0 Å². The molecular weight excluding hydrogens is 464 g/mol. The van der Waals surface area contributed by atoms with Crippen LogP contribution in [0.3, 0.4) is 0 Å². The Morgan fingerprint density at radius 1 is 1.03 bits per heavy atom. The molecule has 0 unspecified atom stereocenters. The zero-order valence-corrected chi connectivity index (χ0v) is 22.9. The van der Waals surface area contributed by atoms with Crippen LogP contribution in [0.15, 0.2) is 48.5 Å². The number of hydrogen-bond donors (Lipinski definition) is 1. The van der Waals surface area contributed by atoms with Gasteiger partial charge in [-0.3, -0.25) is 14.4 Å². The van der Waals surface area contributed by atoms with E-state index in [9.17, 15) is 14.4 Å². The minimum atomic E-state index is -0.835. The minimum absolute atomic E-state index is 0.0365. The van der Waals surface area contributed by atoms with Crippen LogP contribution in [0.2, 0.25) is 0 Å². The second kappa shape index (κ2) is 10.7. The molecule has 1 aliphatic heterocycles. The van der Waals surface area contributed by atoms with E-state index >= 15 is 0 Å². The summed E-state index contributed by atoms with van der Waals surface area (Å²) in [5.74, 6) is 0.428. The Balaban J connectivity index is 1.76. The first-order valence-corrected chi connectivity index (χ1v) is 13.3. The van der Waals surface area contributed by atoms with Crippen LogP contribution in [-0.2, 0) is 27.2 Å². The van der Waals surface area contributed by atoms with Gasteiger partial charge < -0.3 is 15.0 Å². The van der Waals surface area contributed by atoms with Gasteiger partial charge in [0.15, 0.2) is 5.78 Å². The first kappa shape index (κ1) is 26.9. The van der Waals surface area contributed by atoms with E-state index in [2.05, 4.69) is 17.4 Å². The number of methoxy groups -OCH3 is 1. The first-order chi connectivity index (χ1) is 17.5. The van der Waals surface area contributed by atoms with E-state index in [0.29, 0.717) is 24.2 Å². The number of amides is 2. The molecule has 3 atom stereocenters. The van der Waals surface area contributed by atoms with Crippen LogP contribution >= 0.6 is 0 Å². The molecule has 1 heterocycles. The third-order valence-electron chi connectivity index (χ3n) is 7.42. The van der Waals surface area contributed by atoms with Crippen molar-refractivity contribution in [3.05, 3.63) is 65.2 Å². The summed E-state index contributed by atoms with van der Waals surface area (Å²) in [6.45, 7) is 10.1. The quantitative estimate of drug-likeness (QED) is 0.555. The number of nitrogens with zero attached hydrogens (tertiary/aromatic N) is 1. The van der Waals surface area contributed by atoms with Crippen molar-refractivity contribution in [2.45, 2.75) is 78.4 Å². The molecule has 0 aromatic heterocycles. The number of hydrogen-bond acceptors (Lipinski definition) is 4. The SMILES string of the molecule is COc1ccc([C@H](C(=O)CC(C)(C)C)N2C(=O)[C@@H](C3Cc4ccccc4C3)NC(=O)[C@H]2CC(C)C)cc1. The van der Waals surface area contributed by atoms with Crippen molar-refractivity contribution in [3.63, 3.8) is 0 Å². The number of benzene rings is 2. The van der Waals surface area contributed by atoms with Gasteiger partial charge in [-0.1, -0.05) is 71.0 Å². The van der Waals surface area contributed by atoms with Crippen molar-refractivity contribution in [2.75, 3.05) is 7.11 Å². The number of carbonyl (C=O) groups excluding carboxylic acids is 3. The Hall–Kier alpha value is -3.15. The second-order valence-electron chi connectivity index (χ2n) is 12.2. The monoisotopic (exact) mass is 504 g/mol. The molecule has 0 radical (unpaired) electrons. The predicted octanol–water partition coefficient (Wildman–Crippen LogP) is 4.90. The van der Waals surface area contributed by atoms with E-state index in [1.165, 1.54) is 11.1 Å². The van der Waals surface area contributed by atoms with Crippen LogP contribution in [0, 0.1) is 17.3 Å². The molecule has 0 bridgehead atoms. The number of nitrogens with one attached hydrogen (secondary N) is 1. The number of ketones is 1. The molecule has 1 saturated heterocycles. The summed E-state index contributed by atoms with van der Waals surface area (Å²) < 4.78 is 5.33. The maximum Gasteiger partial charge on any atom is 0.247 e. The summed E-state index contributed by atoms with van der Waals surface area (Å²) in [4.78, 5) is 43.6. The largest absolute Gasteiger partial charge is 0.497 e. The zero-order chi connectivity index (χ0) is 26.9. The summed E-state index contributed by atoms with van der Waals surface area (Å²) in [6.07, 6.45) is 2.26. The number of piperazine rings is 1. The molecule has 6 heteroatoms. The molecular formula is C31H40N2O4. The molecule has 2 aromatic carbocycles. The van der Waals surface area contributed by atoms with Gasteiger partial charge in [0.1, 0.15) is 23.9 Å². The molecule has 2 aliphatic rings. The Labute approximate surface area is 220 Å². The molecule has 6 nitrogen and oxygen atoms in total. The van der Waals surface area contributed by atoms with Crippen LogP contribution < -0.4 is 10.1 Å². The average molecular weight is 505 g/mol. The average Bonchev–Trinajstić information content (AvgIpc) is 3.26. The number of ether oxygens (including phenoxy) is 1. The number of fused-ring (bicyclic) bond motifs is 1. The van der Waals surface area contributed by atoms with E-state index in [0.717, 1.165) is 12.8 Å². The smallest absolute Gasteiger partial charge is 0.247 e. The Morgan fingerprint density at radius 3 is 2.14 bits per heavy atom. The highest BCUT2D eigenvalue weighted by Crippen LogP contribution is 2.37. The molecule has 0 saturated carbocycles. The third kappa shape index (κ3) is 5.89. The Kier molecular flexibility index (Phi) is 7.77. The standard InChI is InChI=1S/C31H40N2O4/c1-19(2)15-25-29(35)32-27(23-16-21-9-7-8-10-22(21)17-23)30(36)33(25)28(26(34)18-31(3,4)5)20-11-13-24(37-6)14-12-20/h7-14,19,23,25,27-28H,15-18H2,1-6H3,(H,32,35)/t25-,27-,28-/m1/s1. The molecule has 1 aliphatic carbocycles. The summed E-state index contributed by atoms with van der Waals surface area (Å²) in [5.41, 5.74) is 2.89. The Morgan fingerprint density at radius 2 is 1.62 bits per heavy atom. The molecule has 0 spiro atoms. The maximum absolute atomic E-state index is 14.3. The van der Waals surface area contributed by atoms with Crippen molar-refractivity contribution >= 4 is 17.6 Å². The summed E-state index contributed by atoms with van der Waals surface area (Å²) in [6, 6.07) is 13.3. The van der Waals surface area contributed by atoms with Crippen LogP contribution in [0.1, 0.15) is 70.2 Å². The van der Waals surface area contributed by atoms with Crippen LogP contribution in [-0.4, -0.2) is 41.7 Å². The van der Waals surface area contributed by atoms with Gasteiger partial charge in [-0.15, -0.1) is 0 Å². The highest BCUT2D eigenvalue weighted by molar-refractivity contribution is 6.00. The molecule has 1 fully saturated rings. The van der Waals surface area contributed by atoms with Gasteiger partial charge in [0, 0.05) is 6.42 Å². The van der Waals surface area contributed by atoms with E-state index in [1.54, 1.807) is 12.0 Å². The second-order valence-corrected chi connectivity index (χ2v) is 12.2. The number of Topliss-reactive ketones (excluding diaryl/α,β-unsaturated/α-hetero) is 1. The lowest BCUT2D eigenvalue weighted by atomic mass is 9.83. The van der Waals surface area contributed by atoms with Gasteiger partial charge >= 0.3 is 0 Å². The first-order valence-electron chi connectivity index (χ1n) is 13.3. The van der Waals surface area contributed by atoms with E-state index in [4.69, 9.17) is 4.74 Å². The lowest BCUT2D eigenvalue weighted by Crippen LogP contribution is -2.66. The van der Waals surface area contributed by atoms with E-state index in [-0.39, 0.29) is 34.8 Å². The van der Waals surface area contributed by atoms with Crippen molar-refractivity contribution in [1.82, 2.24) is 10.2 Å². The summed E-state index contributed by atoms with van der Waals surface area (Å²) in [5, 5.41) is 3.08. The summed E-state index contributed by atoms with van der Waals surface area (Å²) in [7, 11) is 1.60. The molecule has 37 heavy (non-hydrogen) atoms. The van der Waals surface area contributed by atoms with Gasteiger partial charge in [-0.2, -0.15) is 0 Å². The fourth-order valence-electron chi connectivity index (χ4n) is 5.78. The van der Waals surface area contributed by atoms with Gasteiger partial charge in [0.05, 0.1) is 7.11 Å². The third-order valence-corrected chi connectivity index (χ3v) is 7.42. The van der Waals surface area contributed by atoms with Crippen molar-refractivity contribution < 1.29 is 19.1 Å². The van der Waals surface area contributed by atoms with Crippen molar-refractivity contribution in [2.24, 2.45) is 17.3 Å². The summed E-state index contributed by atoms with van der Waals surface area (Å²) >= 11 is 0. The normalized spacial score (nSPS) is 21.1. The lowest BCUT2D eigenvalue weighted by Gasteiger charge is -2.45.